The average molecular weight is 257 g/mol. The first-order valence-electron chi connectivity index (χ1n) is 6.86. The monoisotopic (exact) mass is 257 g/mol. The highest BCUT2D eigenvalue weighted by atomic mass is 16.5. The molecule has 1 unspecified atom stereocenters. The van der Waals surface area contributed by atoms with Crippen molar-refractivity contribution < 1.29 is 4.52 Å². The highest BCUT2D eigenvalue weighted by Crippen LogP contribution is 2.34. The molecule has 0 spiro atoms. The van der Waals surface area contributed by atoms with E-state index in [0.717, 1.165) is 37.4 Å². The SMILES string of the molecule is CCC1(c2nc(-c3ccccc3C)no2)CCNC1. The first-order valence-corrected chi connectivity index (χ1v) is 6.86. The van der Waals surface area contributed by atoms with E-state index in [4.69, 9.17) is 4.52 Å². The molecule has 0 radical (unpaired) electrons. The minimum atomic E-state index is 0.0218. The van der Waals surface area contributed by atoms with E-state index in [2.05, 4.69) is 35.4 Å². The lowest BCUT2D eigenvalue weighted by atomic mass is 9.84. The van der Waals surface area contributed by atoms with Crippen molar-refractivity contribution in [1.82, 2.24) is 15.5 Å². The van der Waals surface area contributed by atoms with Crippen molar-refractivity contribution in [2.45, 2.75) is 32.1 Å². The molecule has 1 aliphatic heterocycles. The quantitative estimate of drug-likeness (QED) is 0.918. The molecule has 0 bridgehead atoms. The van der Waals surface area contributed by atoms with Crippen LogP contribution in [0.15, 0.2) is 28.8 Å². The molecule has 4 nitrogen and oxygen atoms in total. The third kappa shape index (κ3) is 2.06. The van der Waals surface area contributed by atoms with E-state index in [-0.39, 0.29) is 5.41 Å². The zero-order valence-corrected chi connectivity index (χ0v) is 11.4. The Hall–Kier alpha value is -1.68. The van der Waals surface area contributed by atoms with Gasteiger partial charge in [-0.1, -0.05) is 36.3 Å². The molecule has 19 heavy (non-hydrogen) atoms. The Kier molecular flexibility index (Phi) is 3.11. The number of nitrogens with one attached hydrogen (secondary N) is 1. The molecule has 1 saturated heterocycles. The highest BCUT2D eigenvalue weighted by Gasteiger charge is 2.39. The minimum absolute atomic E-state index is 0.0218. The summed E-state index contributed by atoms with van der Waals surface area (Å²) in [6.45, 7) is 6.21. The lowest BCUT2D eigenvalue weighted by Crippen LogP contribution is -2.28. The van der Waals surface area contributed by atoms with Crippen molar-refractivity contribution in [3.05, 3.63) is 35.7 Å². The molecule has 4 heteroatoms. The number of benzene rings is 1. The topological polar surface area (TPSA) is 51.0 Å². The second kappa shape index (κ2) is 4.78. The van der Waals surface area contributed by atoms with Gasteiger partial charge in [-0.2, -0.15) is 4.98 Å². The van der Waals surface area contributed by atoms with Crippen LogP contribution in [0.3, 0.4) is 0 Å². The zero-order valence-electron chi connectivity index (χ0n) is 11.4. The molecule has 1 fully saturated rings. The second-order valence-corrected chi connectivity index (χ2v) is 5.30. The average Bonchev–Trinajstić information content (AvgIpc) is 3.09. The van der Waals surface area contributed by atoms with Gasteiger partial charge >= 0.3 is 0 Å². The Balaban J connectivity index is 1.98. The molecule has 0 aliphatic carbocycles. The van der Waals surface area contributed by atoms with E-state index >= 15 is 0 Å². The van der Waals surface area contributed by atoms with Crippen LogP contribution in [0.1, 0.15) is 31.2 Å². The molecule has 0 saturated carbocycles. The van der Waals surface area contributed by atoms with Crippen LogP contribution < -0.4 is 5.32 Å². The maximum atomic E-state index is 5.55. The maximum Gasteiger partial charge on any atom is 0.234 e. The Labute approximate surface area is 113 Å². The summed E-state index contributed by atoms with van der Waals surface area (Å²) in [4.78, 5) is 4.65. The normalized spacial score (nSPS) is 22.8. The number of hydrogen-bond acceptors (Lipinski definition) is 4. The summed E-state index contributed by atoms with van der Waals surface area (Å²) < 4.78 is 5.55. The van der Waals surface area contributed by atoms with Gasteiger partial charge < -0.3 is 9.84 Å². The largest absolute Gasteiger partial charge is 0.338 e. The van der Waals surface area contributed by atoms with Crippen molar-refractivity contribution in [3.8, 4) is 11.4 Å². The Morgan fingerprint density at radius 2 is 2.21 bits per heavy atom. The molecular formula is C15H19N3O. The lowest BCUT2D eigenvalue weighted by Gasteiger charge is -2.20. The predicted molar refractivity (Wildman–Crippen MR) is 73.9 cm³/mol. The van der Waals surface area contributed by atoms with Crippen LogP contribution in [-0.2, 0) is 5.41 Å². The van der Waals surface area contributed by atoms with Crippen LogP contribution in [0.5, 0.6) is 0 Å². The first kappa shape index (κ1) is 12.4. The molecule has 3 rings (SSSR count). The van der Waals surface area contributed by atoms with Gasteiger partial charge in [-0.05, 0) is 31.9 Å². The third-order valence-corrected chi connectivity index (χ3v) is 4.19. The summed E-state index contributed by atoms with van der Waals surface area (Å²) in [5.41, 5.74) is 2.24. The summed E-state index contributed by atoms with van der Waals surface area (Å²) in [5.74, 6) is 1.48. The maximum absolute atomic E-state index is 5.55. The van der Waals surface area contributed by atoms with Crippen molar-refractivity contribution >= 4 is 0 Å². The molecule has 1 aromatic carbocycles. The van der Waals surface area contributed by atoms with Crippen LogP contribution in [0.4, 0.5) is 0 Å². The van der Waals surface area contributed by atoms with Gasteiger partial charge in [0.05, 0.1) is 5.41 Å². The van der Waals surface area contributed by atoms with Gasteiger partial charge in [0.1, 0.15) is 0 Å². The molecule has 0 amide bonds. The Bertz CT molecular complexity index is 570. The molecular weight excluding hydrogens is 238 g/mol. The predicted octanol–water partition coefficient (Wildman–Crippen LogP) is 2.69. The number of rotatable bonds is 3. The molecule has 2 heterocycles. The van der Waals surface area contributed by atoms with E-state index in [0.29, 0.717) is 5.82 Å². The van der Waals surface area contributed by atoms with Crippen LogP contribution in [0.25, 0.3) is 11.4 Å². The number of hydrogen-bond donors (Lipinski definition) is 1. The number of aryl methyl sites for hydroxylation is 1. The summed E-state index contributed by atoms with van der Waals surface area (Å²) in [7, 11) is 0. The Morgan fingerprint density at radius 1 is 1.37 bits per heavy atom. The van der Waals surface area contributed by atoms with E-state index in [9.17, 15) is 0 Å². The summed E-state index contributed by atoms with van der Waals surface area (Å²) >= 11 is 0. The fourth-order valence-electron chi connectivity index (χ4n) is 2.75. The van der Waals surface area contributed by atoms with Gasteiger partial charge in [0.2, 0.25) is 11.7 Å². The molecule has 1 aromatic heterocycles. The van der Waals surface area contributed by atoms with E-state index in [1.807, 2.05) is 18.2 Å². The van der Waals surface area contributed by atoms with Gasteiger partial charge in [-0.25, -0.2) is 0 Å². The lowest BCUT2D eigenvalue weighted by molar-refractivity contribution is 0.285. The van der Waals surface area contributed by atoms with Crippen molar-refractivity contribution in [2.24, 2.45) is 0 Å². The van der Waals surface area contributed by atoms with Gasteiger partial charge in [0.25, 0.3) is 0 Å². The molecule has 1 atom stereocenters. The standard InChI is InChI=1S/C15H19N3O/c1-3-15(8-9-16-10-15)14-17-13(18-19-14)12-7-5-4-6-11(12)2/h4-7,16H,3,8-10H2,1-2H3. The Morgan fingerprint density at radius 3 is 2.89 bits per heavy atom. The van der Waals surface area contributed by atoms with Gasteiger partial charge in [0.15, 0.2) is 0 Å². The van der Waals surface area contributed by atoms with Crippen LogP contribution in [0, 0.1) is 6.92 Å². The summed E-state index contributed by atoms with van der Waals surface area (Å²) in [5, 5.41) is 7.57. The zero-order chi connectivity index (χ0) is 13.3. The minimum Gasteiger partial charge on any atom is -0.338 e. The van der Waals surface area contributed by atoms with Crippen LogP contribution in [-0.4, -0.2) is 23.2 Å². The third-order valence-electron chi connectivity index (χ3n) is 4.19. The molecule has 100 valence electrons. The summed E-state index contributed by atoms with van der Waals surface area (Å²) in [6.07, 6.45) is 2.09. The highest BCUT2D eigenvalue weighted by molar-refractivity contribution is 5.59. The van der Waals surface area contributed by atoms with Crippen molar-refractivity contribution in [3.63, 3.8) is 0 Å². The van der Waals surface area contributed by atoms with Crippen molar-refractivity contribution in [2.75, 3.05) is 13.1 Å². The van der Waals surface area contributed by atoms with Crippen LogP contribution >= 0.6 is 0 Å². The van der Waals surface area contributed by atoms with Gasteiger partial charge in [0, 0.05) is 12.1 Å². The van der Waals surface area contributed by atoms with E-state index < -0.39 is 0 Å². The first-order chi connectivity index (χ1) is 9.25. The molecule has 1 N–H and O–H groups in total. The fraction of sp³-hybridized carbons (Fsp3) is 0.467. The number of nitrogens with zero attached hydrogens (tertiary/aromatic N) is 2. The smallest absolute Gasteiger partial charge is 0.234 e. The fourth-order valence-corrected chi connectivity index (χ4v) is 2.75. The van der Waals surface area contributed by atoms with Crippen molar-refractivity contribution in [1.29, 1.82) is 0 Å². The molecule has 2 aromatic rings. The van der Waals surface area contributed by atoms with Gasteiger partial charge in [-0.15, -0.1) is 0 Å². The molecule has 1 aliphatic rings. The van der Waals surface area contributed by atoms with E-state index in [1.165, 1.54) is 5.56 Å². The van der Waals surface area contributed by atoms with E-state index in [1.54, 1.807) is 0 Å². The second-order valence-electron chi connectivity index (χ2n) is 5.30. The van der Waals surface area contributed by atoms with Crippen LogP contribution in [0.2, 0.25) is 0 Å². The summed E-state index contributed by atoms with van der Waals surface area (Å²) in [6, 6.07) is 8.13. The van der Waals surface area contributed by atoms with Gasteiger partial charge in [-0.3, -0.25) is 0 Å². The number of aromatic nitrogens is 2.